The Bertz CT molecular complexity index is 568. The molecule has 0 saturated heterocycles. The Balaban J connectivity index is 1.89. The van der Waals surface area contributed by atoms with Crippen LogP contribution in [0.2, 0.25) is 0 Å². The summed E-state index contributed by atoms with van der Waals surface area (Å²) >= 11 is 0. The number of pyridine rings is 1. The number of rotatable bonds is 6. The molecule has 0 amide bonds. The molecule has 2 rings (SSSR count). The summed E-state index contributed by atoms with van der Waals surface area (Å²) < 4.78 is 10.9. The molecule has 0 bridgehead atoms. The average molecular weight is 299 g/mol. The molecule has 0 radical (unpaired) electrons. The quantitative estimate of drug-likeness (QED) is 0.706. The van der Waals surface area contributed by atoms with Crippen LogP contribution in [0.5, 0.6) is 11.6 Å². The third-order valence-corrected chi connectivity index (χ3v) is 3.47. The summed E-state index contributed by atoms with van der Waals surface area (Å²) in [7, 11) is 1.62. The normalized spacial score (nSPS) is 11.3. The van der Waals surface area contributed by atoms with Crippen LogP contribution in [0.3, 0.4) is 0 Å². The van der Waals surface area contributed by atoms with Gasteiger partial charge < -0.3 is 9.47 Å². The van der Waals surface area contributed by atoms with Crippen LogP contribution < -0.4 is 9.47 Å². The Labute approximate surface area is 133 Å². The SMILES string of the molecule is COc1ccc(-c2ccc(OCCCC(C)(C)C)cc2)cn1. The molecule has 0 atom stereocenters. The zero-order valence-corrected chi connectivity index (χ0v) is 13.9. The van der Waals surface area contributed by atoms with Crippen molar-refractivity contribution in [1.82, 2.24) is 4.98 Å². The summed E-state index contributed by atoms with van der Waals surface area (Å²) in [5.41, 5.74) is 2.56. The van der Waals surface area contributed by atoms with E-state index in [2.05, 4.69) is 37.9 Å². The van der Waals surface area contributed by atoms with Gasteiger partial charge >= 0.3 is 0 Å². The summed E-state index contributed by atoms with van der Waals surface area (Å²) in [4.78, 5) is 4.23. The first-order chi connectivity index (χ1) is 10.5. The highest BCUT2D eigenvalue weighted by Gasteiger charge is 2.09. The van der Waals surface area contributed by atoms with E-state index in [-0.39, 0.29) is 0 Å². The zero-order chi connectivity index (χ0) is 16.0. The fourth-order valence-electron chi connectivity index (χ4n) is 2.21. The summed E-state index contributed by atoms with van der Waals surface area (Å²) in [6, 6.07) is 12.0. The van der Waals surface area contributed by atoms with Crippen LogP contribution in [0.4, 0.5) is 0 Å². The standard InChI is InChI=1S/C19H25NO2/c1-19(2,3)12-5-13-22-17-9-6-15(7-10-17)16-8-11-18(21-4)20-14-16/h6-11,14H,5,12-13H2,1-4H3. The number of nitrogens with zero attached hydrogens (tertiary/aromatic N) is 1. The van der Waals surface area contributed by atoms with E-state index in [1.54, 1.807) is 7.11 Å². The fraction of sp³-hybridized carbons (Fsp3) is 0.421. The van der Waals surface area contributed by atoms with Gasteiger partial charge in [-0.05, 0) is 42.0 Å². The van der Waals surface area contributed by atoms with Gasteiger partial charge in [0, 0.05) is 17.8 Å². The van der Waals surface area contributed by atoms with Crippen LogP contribution in [-0.4, -0.2) is 18.7 Å². The molecule has 22 heavy (non-hydrogen) atoms. The van der Waals surface area contributed by atoms with Gasteiger partial charge in [-0.15, -0.1) is 0 Å². The van der Waals surface area contributed by atoms with Crippen molar-refractivity contribution < 1.29 is 9.47 Å². The monoisotopic (exact) mass is 299 g/mol. The van der Waals surface area contributed by atoms with E-state index in [1.165, 1.54) is 6.42 Å². The smallest absolute Gasteiger partial charge is 0.212 e. The molecule has 0 aliphatic heterocycles. The van der Waals surface area contributed by atoms with Crippen molar-refractivity contribution in [1.29, 1.82) is 0 Å². The lowest BCUT2D eigenvalue weighted by atomic mass is 9.91. The fourth-order valence-corrected chi connectivity index (χ4v) is 2.21. The first kappa shape index (κ1) is 16.3. The molecule has 0 spiro atoms. The predicted octanol–water partition coefficient (Wildman–Crippen LogP) is 4.96. The van der Waals surface area contributed by atoms with E-state index in [9.17, 15) is 0 Å². The minimum atomic E-state index is 0.370. The lowest BCUT2D eigenvalue weighted by Crippen LogP contribution is -2.07. The van der Waals surface area contributed by atoms with Gasteiger partial charge in [-0.1, -0.05) is 32.9 Å². The summed E-state index contributed by atoms with van der Waals surface area (Å²) in [5, 5.41) is 0. The molecule has 1 aromatic carbocycles. The van der Waals surface area contributed by atoms with Crippen LogP contribution in [0.25, 0.3) is 11.1 Å². The molecule has 0 fully saturated rings. The molecule has 0 unspecified atom stereocenters. The number of benzene rings is 1. The van der Waals surface area contributed by atoms with E-state index >= 15 is 0 Å². The number of aromatic nitrogens is 1. The Morgan fingerprint density at radius 3 is 2.18 bits per heavy atom. The van der Waals surface area contributed by atoms with Crippen molar-refractivity contribution in [3.63, 3.8) is 0 Å². The lowest BCUT2D eigenvalue weighted by Gasteiger charge is -2.17. The highest BCUT2D eigenvalue weighted by molar-refractivity contribution is 5.63. The Morgan fingerprint density at radius 1 is 0.955 bits per heavy atom. The molecule has 118 valence electrons. The van der Waals surface area contributed by atoms with Crippen molar-refractivity contribution in [3.05, 3.63) is 42.6 Å². The van der Waals surface area contributed by atoms with Gasteiger partial charge in [-0.25, -0.2) is 4.98 Å². The Morgan fingerprint density at radius 2 is 1.64 bits per heavy atom. The van der Waals surface area contributed by atoms with E-state index in [0.717, 1.165) is 29.9 Å². The molecule has 0 aliphatic carbocycles. The van der Waals surface area contributed by atoms with Crippen molar-refractivity contribution in [2.24, 2.45) is 5.41 Å². The first-order valence-electron chi connectivity index (χ1n) is 7.71. The summed E-state index contributed by atoms with van der Waals surface area (Å²) in [6.07, 6.45) is 4.06. The van der Waals surface area contributed by atoms with E-state index < -0.39 is 0 Å². The third-order valence-electron chi connectivity index (χ3n) is 3.47. The minimum absolute atomic E-state index is 0.370. The van der Waals surface area contributed by atoms with Crippen molar-refractivity contribution >= 4 is 0 Å². The highest BCUT2D eigenvalue weighted by atomic mass is 16.5. The Kier molecular flexibility index (Phi) is 5.42. The molecule has 1 aromatic heterocycles. The van der Waals surface area contributed by atoms with Gasteiger partial charge in [0.2, 0.25) is 5.88 Å². The molecule has 0 aliphatic rings. The van der Waals surface area contributed by atoms with Crippen LogP contribution >= 0.6 is 0 Å². The maximum atomic E-state index is 5.79. The second-order valence-corrected chi connectivity index (χ2v) is 6.63. The number of methoxy groups -OCH3 is 1. The lowest BCUT2D eigenvalue weighted by molar-refractivity contribution is 0.269. The van der Waals surface area contributed by atoms with Gasteiger partial charge in [0.15, 0.2) is 0 Å². The van der Waals surface area contributed by atoms with Crippen LogP contribution in [0.1, 0.15) is 33.6 Å². The van der Waals surface area contributed by atoms with E-state index in [1.807, 2.05) is 30.5 Å². The molecule has 3 nitrogen and oxygen atoms in total. The third kappa shape index (κ3) is 5.06. The van der Waals surface area contributed by atoms with Crippen LogP contribution in [-0.2, 0) is 0 Å². The van der Waals surface area contributed by atoms with Crippen molar-refractivity contribution in [3.8, 4) is 22.8 Å². The van der Waals surface area contributed by atoms with E-state index in [4.69, 9.17) is 9.47 Å². The van der Waals surface area contributed by atoms with Gasteiger partial charge in [0.1, 0.15) is 5.75 Å². The van der Waals surface area contributed by atoms with Gasteiger partial charge in [0.25, 0.3) is 0 Å². The topological polar surface area (TPSA) is 31.4 Å². The molecule has 1 heterocycles. The maximum Gasteiger partial charge on any atom is 0.212 e. The van der Waals surface area contributed by atoms with E-state index in [0.29, 0.717) is 11.3 Å². The maximum absolute atomic E-state index is 5.79. The molecular weight excluding hydrogens is 274 g/mol. The van der Waals surface area contributed by atoms with Crippen molar-refractivity contribution in [2.75, 3.05) is 13.7 Å². The second-order valence-electron chi connectivity index (χ2n) is 6.63. The number of hydrogen-bond acceptors (Lipinski definition) is 3. The molecule has 0 saturated carbocycles. The van der Waals surface area contributed by atoms with Gasteiger partial charge in [0.05, 0.1) is 13.7 Å². The van der Waals surface area contributed by atoms with Crippen LogP contribution in [0, 0.1) is 5.41 Å². The molecular formula is C19H25NO2. The predicted molar refractivity (Wildman–Crippen MR) is 90.4 cm³/mol. The first-order valence-corrected chi connectivity index (χ1v) is 7.71. The number of ether oxygens (including phenoxy) is 2. The molecule has 3 heteroatoms. The van der Waals surface area contributed by atoms with Crippen molar-refractivity contribution in [2.45, 2.75) is 33.6 Å². The average Bonchev–Trinajstić information content (AvgIpc) is 2.51. The Hall–Kier alpha value is -2.03. The largest absolute Gasteiger partial charge is 0.494 e. The van der Waals surface area contributed by atoms with Gasteiger partial charge in [-0.3, -0.25) is 0 Å². The summed E-state index contributed by atoms with van der Waals surface area (Å²) in [6.45, 7) is 7.53. The van der Waals surface area contributed by atoms with Crippen LogP contribution in [0.15, 0.2) is 42.6 Å². The highest BCUT2D eigenvalue weighted by Crippen LogP contribution is 2.24. The van der Waals surface area contributed by atoms with Gasteiger partial charge in [-0.2, -0.15) is 0 Å². The summed E-state index contributed by atoms with van der Waals surface area (Å²) in [5.74, 6) is 1.54. The number of hydrogen-bond donors (Lipinski definition) is 0. The second kappa shape index (κ2) is 7.30. The zero-order valence-electron chi connectivity index (χ0n) is 13.9. The molecule has 0 N–H and O–H groups in total. The molecule has 2 aromatic rings. The minimum Gasteiger partial charge on any atom is -0.494 e.